The Bertz CT molecular complexity index is 363. The summed E-state index contributed by atoms with van der Waals surface area (Å²) in [4.78, 5) is 25.6. The lowest BCUT2D eigenvalue weighted by Crippen LogP contribution is -2.47. The highest BCUT2D eigenvalue weighted by atomic mass is 32.2. The van der Waals surface area contributed by atoms with Crippen molar-refractivity contribution >= 4 is 23.6 Å². The topological polar surface area (TPSA) is 83.6 Å². The van der Waals surface area contributed by atoms with E-state index in [1.807, 2.05) is 13.8 Å². The van der Waals surface area contributed by atoms with Gasteiger partial charge in [-0.1, -0.05) is 26.7 Å². The van der Waals surface area contributed by atoms with Gasteiger partial charge in [0.25, 0.3) is 0 Å². The third-order valence-corrected chi connectivity index (χ3v) is 5.24. The van der Waals surface area contributed by atoms with Crippen LogP contribution in [0.15, 0.2) is 0 Å². The van der Waals surface area contributed by atoms with Crippen molar-refractivity contribution in [2.45, 2.75) is 70.3 Å². The predicted molar refractivity (Wildman–Crippen MR) is 86.1 cm³/mol. The van der Waals surface area contributed by atoms with Crippen LogP contribution in [-0.4, -0.2) is 45.1 Å². The first-order valence-electron chi connectivity index (χ1n) is 7.80. The molecule has 122 valence electrons. The van der Waals surface area contributed by atoms with Crippen LogP contribution in [0.4, 0.5) is 0 Å². The number of aliphatic carboxylic acids is 1. The van der Waals surface area contributed by atoms with Crippen LogP contribution in [0, 0.1) is 5.92 Å². The Hall–Kier alpha value is -0.750. The summed E-state index contributed by atoms with van der Waals surface area (Å²) in [5, 5.41) is 9.34. The van der Waals surface area contributed by atoms with E-state index >= 15 is 0 Å². The fraction of sp³-hybridized carbons (Fsp3) is 0.867. The van der Waals surface area contributed by atoms with Crippen LogP contribution in [0.1, 0.15) is 52.9 Å². The number of nitrogens with two attached hydrogens (primary N) is 1. The molecule has 1 fully saturated rings. The van der Waals surface area contributed by atoms with E-state index in [2.05, 4.69) is 6.92 Å². The molecule has 0 aliphatic carbocycles. The average molecular weight is 316 g/mol. The van der Waals surface area contributed by atoms with Crippen molar-refractivity contribution in [2.24, 2.45) is 11.7 Å². The van der Waals surface area contributed by atoms with Gasteiger partial charge >= 0.3 is 5.97 Å². The van der Waals surface area contributed by atoms with Crippen LogP contribution in [0.25, 0.3) is 0 Å². The first-order chi connectivity index (χ1) is 9.88. The molecule has 6 heteroatoms. The first kappa shape index (κ1) is 18.3. The van der Waals surface area contributed by atoms with Crippen LogP contribution in [-0.2, 0) is 9.59 Å². The van der Waals surface area contributed by atoms with E-state index in [1.165, 1.54) is 0 Å². The summed E-state index contributed by atoms with van der Waals surface area (Å²) in [6.45, 7) is 5.92. The zero-order valence-corrected chi connectivity index (χ0v) is 14.1. The fourth-order valence-electron chi connectivity index (χ4n) is 2.64. The Morgan fingerprint density at radius 2 is 2.05 bits per heavy atom. The molecule has 1 amide bonds. The molecule has 1 rings (SSSR count). The quantitative estimate of drug-likeness (QED) is 0.718. The summed E-state index contributed by atoms with van der Waals surface area (Å²) >= 11 is 1.59. The highest BCUT2D eigenvalue weighted by Crippen LogP contribution is 2.34. The van der Waals surface area contributed by atoms with E-state index in [0.717, 1.165) is 32.1 Å². The molecular weight excluding hydrogens is 288 g/mol. The number of hydrogen-bond donors (Lipinski definition) is 2. The summed E-state index contributed by atoms with van der Waals surface area (Å²) in [7, 11) is 0. The predicted octanol–water partition coefficient (Wildman–Crippen LogP) is 2.29. The third kappa shape index (κ3) is 5.18. The van der Waals surface area contributed by atoms with Crippen molar-refractivity contribution < 1.29 is 14.7 Å². The lowest BCUT2D eigenvalue weighted by molar-refractivity contribution is -0.150. The third-order valence-electron chi connectivity index (χ3n) is 3.89. The maximum absolute atomic E-state index is 12.6. The van der Waals surface area contributed by atoms with Gasteiger partial charge in [-0.15, -0.1) is 11.8 Å². The van der Waals surface area contributed by atoms with Gasteiger partial charge in [0.1, 0.15) is 6.04 Å². The molecule has 0 bridgehead atoms. The monoisotopic (exact) mass is 316 g/mol. The van der Waals surface area contributed by atoms with Gasteiger partial charge in [-0.25, -0.2) is 4.79 Å². The molecule has 1 aliphatic rings. The number of carbonyl (C=O) groups excluding carboxylic acids is 1. The molecule has 0 aromatic heterocycles. The van der Waals surface area contributed by atoms with E-state index in [-0.39, 0.29) is 23.2 Å². The van der Waals surface area contributed by atoms with Crippen LogP contribution in [0.3, 0.4) is 0 Å². The van der Waals surface area contributed by atoms with Crippen LogP contribution in [0.5, 0.6) is 0 Å². The van der Waals surface area contributed by atoms with Crippen molar-refractivity contribution in [3.8, 4) is 0 Å². The summed E-state index contributed by atoms with van der Waals surface area (Å²) in [5.74, 6) is -0.547. The van der Waals surface area contributed by atoms with Crippen molar-refractivity contribution in [1.82, 2.24) is 4.90 Å². The molecule has 4 atom stereocenters. The van der Waals surface area contributed by atoms with Gasteiger partial charge in [-0.3, -0.25) is 4.79 Å². The van der Waals surface area contributed by atoms with Gasteiger partial charge in [0, 0.05) is 17.7 Å². The summed E-state index contributed by atoms with van der Waals surface area (Å²) < 4.78 is 0. The van der Waals surface area contributed by atoms with Gasteiger partial charge in [0.05, 0.1) is 5.37 Å². The van der Waals surface area contributed by atoms with Crippen molar-refractivity contribution in [1.29, 1.82) is 0 Å². The van der Waals surface area contributed by atoms with Gasteiger partial charge in [0.2, 0.25) is 5.91 Å². The largest absolute Gasteiger partial charge is 0.480 e. The molecule has 1 heterocycles. The molecule has 3 N–H and O–H groups in total. The number of rotatable bonds is 8. The lowest BCUT2D eigenvalue weighted by atomic mass is 10.00. The Kier molecular flexibility index (Phi) is 7.52. The normalized spacial score (nSPS) is 24.9. The van der Waals surface area contributed by atoms with E-state index in [1.54, 1.807) is 16.7 Å². The van der Waals surface area contributed by atoms with Gasteiger partial charge in [0.15, 0.2) is 0 Å². The number of carboxylic acids is 1. The first-order valence-corrected chi connectivity index (χ1v) is 8.85. The molecule has 0 spiro atoms. The number of hydrogen-bond acceptors (Lipinski definition) is 4. The zero-order chi connectivity index (χ0) is 16.0. The van der Waals surface area contributed by atoms with E-state index < -0.39 is 12.0 Å². The number of thioether (sulfide) groups is 1. The second-order valence-corrected chi connectivity index (χ2v) is 7.20. The second kappa shape index (κ2) is 8.63. The number of carbonyl (C=O) groups is 2. The zero-order valence-electron chi connectivity index (χ0n) is 13.2. The summed E-state index contributed by atoms with van der Waals surface area (Å²) in [6, 6.07) is -0.524. The second-order valence-electron chi connectivity index (χ2n) is 5.99. The smallest absolute Gasteiger partial charge is 0.327 e. The molecule has 0 aromatic carbocycles. The molecule has 0 radical (unpaired) electrons. The van der Waals surface area contributed by atoms with Crippen LogP contribution in [0.2, 0.25) is 0 Å². The minimum atomic E-state index is -0.891. The molecule has 0 saturated carbocycles. The highest BCUT2D eigenvalue weighted by molar-refractivity contribution is 8.00. The number of nitrogens with zero attached hydrogens (tertiary/aromatic N) is 1. The molecule has 21 heavy (non-hydrogen) atoms. The maximum atomic E-state index is 12.6. The van der Waals surface area contributed by atoms with E-state index in [9.17, 15) is 14.7 Å². The van der Waals surface area contributed by atoms with Crippen molar-refractivity contribution in [3.05, 3.63) is 0 Å². The SMILES string of the molecule is CCCC1SCC(C(=O)O)N1C(=O)C(C)CCCC(C)N. The van der Waals surface area contributed by atoms with E-state index in [4.69, 9.17) is 5.73 Å². The minimum absolute atomic E-state index is 0.0134. The average Bonchev–Trinajstić information content (AvgIpc) is 2.81. The molecule has 1 saturated heterocycles. The Morgan fingerprint density at radius 1 is 1.38 bits per heavy atom. The maximum Gasteiger partial charge on any atom is 0.327 e. The molecule has 0 aromatic rings. The summed E-state index contributed by atoms with van der Waals surface area (Å²) in [5.41, 5.74) is 5.72. The highest BCUT2D eigenvalue weighted by Gasteiger charge is 2.42. The minimum Gasteiger partial charge on any atom is -0.480 e. The number of carboxylic acid groups (broad SMARTS) is 1. The van der Waals surface area contributed by atoms with Gasteiger partial charge < -0.3 is 15.7 Å². The van der Waals surface area contributed by atoms with Crippen LogP contribution < -0.4 is 5.73 Å². The van der Waals surface area contributed by atoms with Crippen molar-refractivity contribution in [2.75, 3.05) is 5.75 Å². The molecule has 5 nitrogen and oxygen atoms in total. The van der Waals surface area contributed by atoms with Gasteiger partial charge in [-0.05, 0) is 26.2 Å². The van der Waals surface area contributed by atoms with E-state index in [0.29, 0.717) is 5.75 Å². The molecule has 4 unspecified atom stereocenters. The fourth-order valence-corrected chi connectivity index (χ4v) is 4.16. The Balaban J connectivity index is 2.67. The number of amides is 1. The molecular formula is C15H28N2O3S. The van der Waals surface area contributed by atoms with Crippen molar-refractivity contribution in [3.63, 3.8) is 0 Å². The lowest BCUT2D eigenvalue weighted by Gasteiger charge is -2.30. The summed E-state index contributed by atoms with van der Waals surface area (Å²) in [6.07, 6.45) is 4.38. The molecule has 1 aliphatic heterocycles. The Morgan fingerprint density at radius 3 is 2.57 bits per heavy atom. The Labute approximate surface area is 131 Å². The standard InChI is InChI=1S/C15H28N2O3S/c1-4-6-13-17(12(9-21-13)15(19)20)14(18)10(2)7-5-8-11(3)16/h10-13H,4-9,16H2,1-3H3,(H,19,20). The van der Waals surface area contributed by atoms with Gasteiger partial charge in [-0.2, -0.15) is 0 Å². The van der Waals surface area contributed by atoms with Crippen LogP contribution >= 0.6 is 11.8 Å².